The summed E-state index contributed by atoms with van der Waals surface area (Å²) in [6, 6.07) is 5.91. The summed E-state index contributed by atoms with van der Waals surface area (Å²) in [7, 11) is 0. The van der Waals surface area contributed by atoms with Crippen molar-refractivity contribution in [1.29, 1.82) is 0 Å². The Kier molecular flexibility index (Phi) is 5.39. The number of hydrogen-bond acceptors (Lipinski definition) is 3. The van der Waals surface area contributed by atoms with Crippen LogP contribution in [-0.4, -0.2) is 55.0 Å². The lowest BCUT2D eigenvalue weighted by Crippen LogP contribution is -2.49. The first-order valence-electron chi connectivity index (χ1n) is 7.42. The van der Waals surface area contributed by atoms with Gasteiger partial charge >= 0.3 is 0 Å². The van der Waals surface area contributed by atoms with E-state index in [0.717, 1.165) is 44.0 Å². The number of nitrogens with zero attached hydrogens (tertiary/aromatic N) is 2. The van der Waals surface area contributed by atoms with Gasteiger partial charge in [0, 0.05) is 32.7 Å². The van der Waals surface area contributed by atoms with Crippen LogP contribution in [0.5, 0.6) is 5.75 Å². The highest BCUT2D eigenvalue weighted by Crippen LogP contribution is 2.20. The summed E-state index contributed by atoms with van der Waals surface area (Å²) in [5.41, 5.74) is 2.28. The van der Waals surface area contributed by atoms with Crippen molar-refractivity contribution in [1.82, 2.24) is 9.80 Å². The van der Waals surface area contributed by atoms with Gasteiger partial charge in [0.25, 0.3) is 5.91 Å². The molecule has 0 radical (unpaired) electrons. The summed E-state index contributed by atoms with van der Waals surface area (Å²) in [4.78, 5) is 16.4. The molecule has 21 heavy (non-hydrogen) atoms. The number of benzene rings is 1. The summed E-state index contributed by atoms with van der Waals surface area (Å²) in [5.74, 6) is 0.864. The maximum Gasteiger partial charge on any atom is 0.260 e. The third-order valence-corrected chi connectivity index (χ3v) is 4.02. The lowest BCUT2D eigenvalue weighted by Gasteiger charge is -2.34. The second kappa shape index (κ2) is 7.27. The van der Waals surface area contributed by atoms with E-state index < -0.39 is 0 Å². The number of hydrogen-bond donors (Lipinski definition) is 0. The number of carbonyl (C=O) groups excluding carboxylic acids is 1. The first kappa shape index (κ1) is 15.6. The van der Waals surface area contributed by atoms with E-state index in [1.54, 1.807) is 0 Å². The fourth-order valence-electron chi connectivity index (χ4n) is 2.47. The molecule has 0 saturated carbocycles. The Morgan fingerprint density at radius 1 is 1.29 bits per heavy atom. The Hall–Kier alpha value is -1.81. The minimum Gasteiger partial charge on any atom is -0.483 e. The van der Waals surface area contributed by atoms with Crippen LogP contribution in [0.1, 0.15) is 11.1 Å². The van der Waals surface area contributed by atoms with Gasteiger partial charge < -0.3 is 9.64 Å². The first-order valence-corrected chi connectivity index (χ1v) is 7.42. The van der Waals surface area contributed by atoms with Crippen LogP contribution >= 0.6 is 0 Å². The third-order valence-electron chi connectivity index (χ3n) is 4.02. The van der Waals surface area contributed by atoms with Gasteiger partial charge in [-0.25, -0.2) is 0 Å². The maximum absolute atomic E-state index is 12.2. The summed E-state index contributed by atoms with van der Waals surface area (Å²) in [5, 5.41) is 0. The molecule has 1 aromatic carbocycles. The van der Waals surface area contributed by atoms with Crippen molar-refractivity contribution in [3.63, 3.8) is 0 Å². The van der Waals surface area contributed by atoms with Crippen molar-refractivity contribution in [2.75, 3.05) is 39.3 Å². The zero-order valence-corrected chi connectivity index (χ0v) is 13.0. The molecule has 1 fully saturated rings. The van der Waals surface area contributed by atoms with Crippen molar-refractivity contribution in [3.05, 3.63) is 42.0 Å². The predicted molar refractivity (Wildman–Crippen MR) is 84.6 cm³/mol. The SMILES string of the molecule is C=CCN1CCN(C(=O)COc2cccc(C)c2C)CC1. The normalized spacial score (nSPS) is 15.8. The highest BCUT2D eigenvalue weighted by Gasteiger charge is 2.20. The monoisotopic (exact) mass is 288 g/mol. The Bertz CT molecular complexity index is 506. The van der Waals surface area contributed by atoms with Gasteiger partial charge in [-0.1, -0.05) is 18.2 Å². The number of aryl methyl sites for hydroxylation is 1. The van der Waals surface area contributed by atoms with Crippen LogP contribution in [0.3, 0.4) is 0 Å². The van der Waals surface area contributed by atoms with Gasteiger partial charge in [-0.3, -0.25) is 9.69 Å². The minimum absolute atomic E-state index is 0.0640. The molecule has 0 unspecified atom stereocenters. The van der Waals surface area contributed by atoms with Crippen molar-refractivity contribution in [3.8, 4) is 5.75 Å². The molecule has 0 atom stereocenters. The van der Waals surface area contributed by atoms with E-state index in [1.165, 1.54) is 5.56 Å². The fraction of sp³-hybridized carbons (Fsp3) is 0.471. The molecular formula is C17H24N2O2. The predicted octanol–water partition coefficient (Wildman–Crippen LogP) is 2.01. The second-order valence-electron chi connectivity index (χ2n) is 5.46. The van der Waals surface area contributed by atoms with E-state index >= 15 is 0 Å². The van der Waals surface area contributed by atoms with Crippen LogP contribution < -0.4 is 4.74 Å². The molecule has 1 saturated heterocycles. The standard InChI is InChI=1S/C17H24N2O2/c1-4-8-18-9-11-19(12-10-18)17(20)13-21-16-7-5-6-14(2)15(16)3/h4-7H,1,8-13H2,2-3H3. The molecule has 4 heteroatoms. The molecule has 114 valence electrons. The van der Waals surface area contributed by atoms with Crippen LogP contribution in [-0.2, 0) is 4.79 Å². The van der Waals surface area contributed by atoms with Gasteiger partial charge in [0.1, 0.15) is 5.75 Å². The van der Waals surface area contributed by atoms with Crippen molar-refractivity contribution in [2.45, 2.75) is 13.8 Å². The molecule has 0 spiro atoms. The van der Waals surface area contributed by atoms with E-state index in [9.17, 15) is 4.79 Å². The lowest BCUT2D eigenvalue weighted by atomic mass is 10.1. The Labute approximate surface area is 127 Å². The van der Waals surface area contributed by atoms with Crippen LogP contribution in [0.25, 0.3) is 0 Å². The summed E-state index contributed by atoms with van der Waals surface area (Å²) in [6.07, 6.45) is 1.90. The fourth-order valence-corrected chi connectivity index (χ4v) is 2.47. The number of ether oxygens (including phenoxy) is 1. The van der Waals surface area contributed by atoms with Crippen LogP contribution in [0, 0.1) is 13.8 Å². The Morgan fingerprint density at radius 2 is 2.00 bits per heavy atom. The molecule has 1 amide bonds. The maximum atomic E-state index is 12.2. The van der Waals surface area contributed by atoms with E-state index in [-0.39, 0.29) is 12.5 Å². The Balaban J connectivity index is 1.83. The summed E-state index contributed by atoms with van der Waals surface area (Å²) < 4.78 is 5.69. The van der Waals surface area contributed by atoms with Gasteiger partial charge in [-0.05, 0) is 31.0 Å². The van der Waals surface area contributed by atoms with Crippen LogP contribution in [0.15, 0.2) is 30.9 Å². The third kappa shape index (κ3) is 4.08. The molecule has 0 bridgehead atoms. The van der Waals surface area contributed by atoms with Gasteiger partial charge in [-0.15, -0.1) is 6.58 Å². The molecule has 4 nitrogen and oxygen atoms in total. The molecular weight excluding hydrogens is 264 g/mol. The van der Waals surface area contributed by atoms with Gasteiger partial charge in [0.2, 0.25) is 0 Å². The number of piperazine rings is 1. The molecule has 0 aromatic heterocycles. The highest BCUT2D eigenvalue weighted by molar-refractivity contribution is 5.78. The summed E-state index contributed by atoms with van der Waals surface area (Å²) in [6.45, 7) is 12.2. The van der Waals surface area contributed by atoms with Crippen LogP contribution in [0.4, 0.5) is 0 Å². The number of rotatable bonds is 5. The zero-order valence-electron chi connectivity index (χ0n) is 13.0. The van der Waals surface area contributed by atoms with E-state index in [2.05, 4.69) is 11.5 Å². The average molecular weight is 288 g/mol. The quantitative estimate of drug-likeness (QED) is 0.777. The molecule has 1 aromatic rings. The molecule has 0 N–H and O–H groups in total. The lowest BCUT2D eigenvalue weighted by molar-refractivity contribution is -0.135. The Morgan fingerprint density at radius 3 is 2.67 bits per heavy atom. The zero-order chi connectivity index (χ0) is 15.2. The molecule has 1 aliphatic rings. The van der Waals surface area contributed by atoms with Crippen molar-refractivity contribution < 1.29 is 9.53 Å². The van der Waals surface area contributed by atoms with Gasteiger partial charge in [0.05, 0.1) is 0 Å². The minimum atomic E-state index is 0.0640. The number of carbonyl (C=O) groups is 1. The highest BCUT2D eigenvalue weighted by atomic mass is 16.5. The van der Waals surface area contributed by atoms with Crippen molar-refractivity contribution >= 4 is 5.91 Å². The first-order chi connectivity index (χ1) is 10.1. The van der Waals surface area contributed by atoms with E-state index in [4.69, 9.17) is 4.74 Å². The van der Waals surface area contributed by atoms with Crippen molar-refractivity contribution in [2.24, 2.45) is 0 Å². The molecule has 2 rings (SSSR count). The van der Waals surface area contributed by atoms with E-state index in [0.29, 0.717) is 0 Å². The second-order valence-corrected chi connectivity index (χ2v) is 5.46. The van der Waals surface area contributed by atoms with Crippen LogP contribution in [0.2, 0.25) is 0 Å². The molecule has 1 aliphatic heterocycles. The smallest absolute Gasteiger partial charge is 0.260 e. The average Bonchev–Trinajstić information content (AvgIpc) is 2.49. The largest absolute Gasteiger partial charge is 0.483 e. The van der Waals surface area contributed by atoms with E-state index in [1.807, 2.05) is 43.0 Å². The number of amides is 1. The van der Waals surface area contributed by atoms with Gasteiger partial charge in [-0.2, -0.15) is 0 Å². The van der Waals surface area contributed by atoms with Gasteiger partial charge in [0.15, 0.2) is 6.61 Å². The molecule has 1 heterocycles. The summed E-state index contributed by atoms with van der Waals surface area (Å²) >= 11 is 0. The molecule has 0 aliphatic carbocycles. The topological polar surface area (TPSA) is 32.8 Å².